The van der Waals surface area contributed by atoms with Gasteiger partial charge in [0, 0.05) is 24.6 Å². The van der Waals surface area contributed by atoms with Gasteiger partial charge in [-0.05, 0) is 63.8 Å². The van der Waals surface area contributed by atoms with Gasteiger partial charge >= 0.3 is 5.97 Å². The summed E-state index contributed by atoms with van der Waals surface area (Å²) >= 11 is 0. The number of ether oxygens (including phenoxy) is 1. The van der Waals surface area contributed by atoms with Crippen LogP contribution in [0.2, 0.25) is 0 Å². The van der Waals surface area contributed by atoms with Crippen LogP contribution in [0.3, 0.4) is 0 Å². The number of hydrogen-bond donors (Lipinski definition) is 3. The first kappa shape index (κ1) is 24.7. The van der Waals surface area contributed by atoms with E-state index in [1.54, 1.807) is 20.8 Å². The number of benzene rings is 1. The third-order valence-electron chi connectivity index (χ3n) is 5.32. The largest absolute Gasteiger partial charge is 0.508 e. The Bertz CT molecular complexity index is 797. The number of hydrogen-bond acceptors (Lipinski definition) is 6. The van der Waals surface area contributed by atoms with Crippen molar-refractivity contribution in [1.82, 2.24) is 4.90 Å². The maximum absolute atomic E-state index is 12.4. The van der Waals surface area contributed by atoms with Crippen molar-refractivity contribution in [2.45, 2.75) is 89.9 Å². The molecule has 5 N–H and O–H groups in total. The fraction of sp³-hybridized carbons (Fsp3) is 0.609. The lowest BCUT2D eigenvalue weighted by molar-refractivity contribution is -0.155. The van der Waals surface area contributed by atoms with Gasteiger partial charge in [0.15, 0.2) is 0 Å². The first-order valence-electron chi connectivity index (χ1n) is 10.9. The Balaban J connectivity index is 0.000000412. The monoisotopic (exact) mass is 433 g/mol. The molecule has 8 nitrogen and oxygen atoms in total. The Morgan fingerprint density at radius 2 is 1.87 bits per heavy atom. The van der Waals surface area contributed by atoms with Gasteiger partial charge in [-0.3, -0.25) is 14.4 Å². The number of esters is 1. The summed E-state index contributed by atoms with van der Waals surface area (Å²) < 4.78 is 5.21. The molecule has 3 rings (SSSR count). The van der Waals surface area contributed by atoms with E-state index in [1.807, 2.05) is 0 Å². The summed E-state index contributed by atoms with van der Waals surface area (Å²) in [6.07, 6.45) is 6.74. The minimum absolute atomic E-state index is 0.0176. The highest BCUT2D eigenvalue weighted by molar-refractivity contribution is 6.01. The Morgan fingerprint density at radius 1 is 1.23 bits per heavy atom. The summed E-state index contributed by atoms with van der Waals surface area (Å²) in [6.45, 7) is 5.43. The summed E-state index contributed by atoms with van der Waals surface area (Å²) in [5.74, 6) is -1.41. The molecule has 1 unspecified atom stereocenters. The molecule has 1 aliphatic carbocycles. The zero-order valence-corrected chi connectivity index (χ0v) is 18.7. The molecule has 1 fully saturated rings. The van der Waals surface area contributed by atoms with Gasteiger partial charge in [0.2, 0.25) is 5.91 Å². The van der Waals surface area contributed by atoms with Crippen molar-refractivity contribution in [2.75, 3.05) is 0 Å². The third kappa shape index (κ3) is 7.54. The van der Waals surface area contributed by atoms with Gasteiger partial charge in [-0.1, -0.05) is 19.3 Å². The van der Waals surface area contributed by atoms with Crippen LogP contribution in [-0.4, -0.2) is 45.5 Å². The van der Waals surface area contributed by atoms with E-state index in [2.05, 4.69) is 0 Å². The number of carbonyl (C=O) groups excluding carboxylic acids is 3. The first-order valence-corrected chi connectivity index (χ1v) is 10.9. The Kier molecular flexibility index (Phi) is 8.44. The van der Waals surface area contributed by atoms with E-state index in [1.165, 1.54) is 55.2 Å². The molecule has 1 aromatic rings. The molecule has 2 amide bonds. The number of aromatic hydroxyl groups is 1. The number of nitrogens with zero attached hydrogens (tertiary/aromatic N) is 1. The van der Waals surface area contributed by atoms with Crippen LogP contribution in [0.5, 0.6) is 5.75 Å². The Morgan fingerprint density at radius 3 is 2.39 bits per heavy atom. The van der Waals surface area contributed by atoms with Crippen LogP contribution in [0.25, 0.3) is 0 Å². The summed E-state index contributed by atoms with van der Waals surface area (Å²) in [6, 6.07) is 4.05. The summed E-state index contributed by atoms with van der Waals surface area (Å²) in [5.41, 5.74) is 11.5. The lowest BCUT2D eigenvalue weighted by atomic mass is 9.97. The molecular formula is C23H35N3O5. The fourth-order valence-corrected chi connectivity index (χ4v) is 3.81. The number of primary amides is 1. The third-order valence-corrected chi connectivity index (χ3v) is 5.32. The highest BCUT2D eigenvalue weighted by Gasteiger charge is 2.36. The molecule has 0 bridgehead atoms. The minimum Gasteiger partial charge on any atom is -0.508 e. The van der Waals surface area contributed by atoms with Crippen molar-refractivity contribution in [1.29, 1.82) is 0 Å². The highest BCUT2D eigenvalue weighted by atomic mass is 16.6. The van der Waals surface area contributed by atoms with E-state index in [4.69, 9.17) is 16.2 Å². The van der Waals surface area contributed by atoms with Crippen molar-refractivity contribution in [2.24, 2.45) is 11.5 Å². The second-order valence-electron chi connectivity index (χ2n) is 9.22. The smallest absolute Gasteiger partial charge is 0.306 e. The number of carbonyl (C=O) groups is 3. The normalized spacial score (nSPS) is 17.4. The lowest BCUT2D eigenvalue weighted by Gasteiger charge is -2.25. The molecular weight excluding hydrogens is 398 g/mol. The first-order chi connectivity index (χ1) is 14.5. The minimum atomic E-state index is -0.903. The van der Waals surface area contributed by atoms with Crippen LogP contribution >= 0.6 is 0 Å². The lowest BCUT2D eigenvalue weighted by Crippen LogP contribution is -2.45. The van der Waals surface area contributed by atoms with Crippen LogP contribution in [0.15, 0.2) is 18.2 Å². The van der Waals surface area contributed by atoms with E-state index in [0.29, 0.717) is 17.2 Å². The standard InChI is InChI=1S/C17H22N2O5.C6H13N/c1-17(2,3)24-14(21)7-6-13(15(18)22)19-9-10-8-11(20)4-5-12(10)16(19)23;7-6-4-2-1-3-5-6/h4-5,8,13,20H,6-7,9H2,1-3H3,(H2,18,22);6H,1-5,7H2. The average Bonchev–Trinajstić information content (AvgIpc) is 2.97. The second kappa shape index (κ2) is 10.6. The van der Waals surface area contributed by atoms with Crippen LogP contribution in [0.1, 0.15) is 81.6 Å². The van der Waals surface area contributed by atoms with Crippen LogP contribution < -0.4 is 11.5 Å². The molecule has 1 heterocycles. The van der Waals surface area contributed by atoms with Gasteiger partial charge in [-0.25, -0.2) is 0 Å². The molecule has 2 aliphatic rings. The van der Waals surface area contributed by atoms with E-state index < -0.39 is 23.5 Å². The summed E-state index contributed by atoms with van der Waals surface area (Å²) in [5, 5.41) is 9.52. The fourth-order valence-electron chi connectivity index (χ4n) is 3.81. The molecule has 8 heteroatoms. The van der Waals surface area contributed by atoms with Gasteiger partial charge < -0.3 is 26.2 Å². The van der Waals surface area contributed by atoms with Crippen molar-refractivity contribution < 1.29 is 24.2 Å². The topological polar surface area (TPSA) is 136 Å². The molecule has 1 aliphatic heterocycles. The number of phenolic OH excluding ortho intramolecular Hbond substituents is 1. The number of phenols is 1. The molecule has 1 saturated carbocycles. The predicted octanol–water partition coefficient (Wildman–Crippen LogP) is 2.60. The van der Waals surface area contributed by atoms with Crippen LogP contribution in [0, 0.1) is 0 Å². The van der Waals surface area contributed by atoms with Gasteiger partial charge in [0.25, 0.3) is 5.91 Å². The highest BCUT2D eigenvalue weighted by Crippen LogP contribution is 2.29. The predicted molar refractivity (Wildman–Crippen MR) is 117 cm³/mol. The van der Waals surface area contributed by atoms with Gasteiger partial charge in [-0.2, -0.15) is 0 Å². The van der Waals surface area contributed by atoms with Crippen molar-refractivity contribution in [3.8, 4) is 5.75 Å². The van der Waals surface area contributed by atoms with Gasteiger partial charge in [0.1, 0.15) is 17.4 Å². The number of nitrogens with two attached hydrogens (primary N) is 2. The SMILES string of the molecule is CC(C)(C)OC(=O)CCC(C(N)=O)N1Cc2cc(O)ccc2C1=O.NC1CCCCC1. The molecule has 31 heavy (non-hydrogen) atoms. The number of rotatable bonds is 5. The molecule has 1 atom stereocenters. The average molecular weight is 434 g/mol. The van der Waals surface area contributed by atoms with Crippen molar-refractivity contribution in [3.63, 3.8) is 0 Å². The van der Waals surface area contributed by atoms with Crippen LogP contribution in [0.4, 0.5) is 0 Å². The zero-order valence-electron chi connectivity index (χ0n) is 18.7. The second-order valence-corrected chi connectivity index (χ2v) is 9.22. The molecule has 1 aromatic carbocycles. The van der Waals surface area contributed by atoms with E-state index >= 15 is 0 Å². The van der Waals surface area contributed by atoms with E-state index in [-0.39, 0.29) is 31.0 Å². The van der Waals surface area contributed by atoms with Gasteiger partial charge in [-0.15, -0.1) is 0 Å². The molecule has 0 aromatic heterocycles. The maximum atomic E-state index is 12.4. The van der Waals surface area contributed by atoms with Crippen LogP contribution in [-0.2, 0) is 20.9 Å². The Hall–Kier alpha value is -2.61. The number of fused-ring (bicyclic) bond motifs is 1. The van der Waals surface area contributed by atoms with Crippen molar-refractivity contribution >= 4 is 17.8 Å². The molecule has 172 valence electrons. The van der Waals surface area contributed by atoms with E-state index in [0.717, 1.165) is 0 Å². The molecule has 0 spiro atoms. The summed E-state index contributed by atoms with van der Waals surface area (Å²) in [4.78, 5) is 37.4. The quantitative estimate of drug-likeness (QED) is 0.611. The van der Waals surface area contributed by atoms with Gasteiger partial charge in [0.05, 0.1) is 0 Å². The van der Waals surface area contributed by atoms with E-state index in [9.17, 15) is 19.5 Å². The number of amides is 2. The van der Waals surface area contributed by atoms with Crippen molar-refractivity contribution in [3.05, 3.63) is 29.3 Å². The molecule has 0 saturated heterocycles. The molecule has 0 radical (unpaired) electrons. The maximum Gasteiger partial charge on any atom is 0.306 e. The zero-order chi connectivity index (χ0) is 23.2. The Labute approximate surface area is 183 Å². The summed E-state index contributed by atoms with van der Waals surface area (Å²) in [7, 11) is 0.